The molecule has 0 spiro atoms. The fourth-order valence-electron chi connectivity index (χ4n) is 2.20. The van der Waals surface area contributed by atoms with Crippen molar-refractivity contribution in [3.63, 3.8) is 0 Å². The van der Waals surface area contributed by atoms with Crippen LogP contribution in [0.2, 0.25) is 5.02 Å². The third kappa shape index (κ3) is 2.95. The molecule has 0 bridgehead atoms. The molecular weight excluding hydrogens is 350 g/mol. The van der Waals surface area contributed by atoms with Crippen molar-refractivity contribution < 1.29 is 13.2 Å². The molecule has 1 aromatic heterocycles. The van der Waals surface area contributed by atoms with Crippen molar-refractivity contribution in [3.05, 3.63) is 59.8 Å². The van der Waals surface area contributed by atoms with Crippen LogP contribution in [0.5, 0.6) is 5.75 Å². The van der Waals surface area contributed by atoms with Gasteiger partial charge in [0.25, 0.3) is 10.0 Å². The Morgan fingerprint density at radius 2 is 1.71 bits per heavy atom. The van der Waals surface area contributed by atoms with E-state index in [4.69, 9.17) is 22.1 Å². The van der Waals surface area contributed by atoms with E-state index in [1.165, 1.54) is 30.5 Å². The van der Waals surface area contributed by atoms with Gasteiger partial charge in [-0.05, 0) is 42.0 Å². The van der Waals surface area contributed by atoms with Crippen molar-refractivity contribution in [2.75, 3.05) is 12.8 Å². The number of ether oxygens (including phenoxy) is 1. The summed E-state index contributed by atoms with van der Waals surface area (Å²) < 4.78 is 31.2. The van der Waals surface area contributed by atoms with Crippen molar-refractivity contribution in [1.82, 2.24) is 9.19 Å². The van der Waals surface area contributed by atoms with Crippen LogP contribution in [-0.2, 0) is 10.0 Å². The van der Waals surface area contributed by atoms with Gasteiger partial charge in [-0.2, -0.15) is 12.5 Å². The van der Waals surface area contributed by atoms with Gasteiger partial charge in [0, 0.05) is 10.6 Å². The third-order valence-electron chi connectivity index (χ3n) is 3.48. The van der Waals surface area contributed by atoms with Crippen molar-refractivity contribution in [1.29, 1.82) is 0 Å². The Bertz CT molecular complexity index is 965. The minimum Gasteiger partial charge on any atom is -0.497 e. The summed E-state index contributed by atoms with van der Waals surface area (Å²) in [5.74, 6) is 0.816. The predicted octanol–water partition coefficient (Wildman–Crippen LogP) is 3.03. The van der Waals surface area contributed by atoms with Gasteiger partial charge in [-0.25, -0.2) is 0 Å². The van der Waals surface area contributed by atoms with E-state index < -0.39 is 10.0 Å². The normalized spacial score (nSPS) is 11.4. The molecule has 124 valence electrons. The topological polar surface area (TPSA) is 87.2 Å². The quantitative estimate of drug-likeness (QED) is 0.769. The number of aromatic nitrogens is 2. The predicted molar refractivity (Wildman–Crippen MR) is 92.7 cm³/mol. The Balaban J connectivity index is 2.02. The lowest BCUT2D eigenvalue weighted by Gasteiger charge is -2.04. The molecule has 2 aromatic carbocycles. The summed E-state index contributed by atoms with van der Waals surface area (Å²) >= 11 is 5.79. The second kappa shape index (κ2) is 6.18. The van der Waals surface area contributed by atoms with Gasteiger partial charge in [-0.15, -0.1) is 5.10 Å². The molecule has 8 heteroatoms. The highest BCUT2D eigenvalue weighted by Crippen LogP contribution is 2.28. The van der Waals surface area contributed by atoms with Crippen LogP contribution in [0, 0.1) is 0 Å². The van der Waals surface area contributed by atoms with Gasteiger partial charge in [0.2, 0.25) is 0 Å². The maximum atomic E-state index is 12.6. The van der Waals surface area contributed by atoms with Crippen molar-refractivity contribution >= 4 is 27.4 Å². The number of rotatable bonds is 4. The van der Waals surface area contributed by atoms with E-state index in [-0.39, 0.29) is 10.7 Å². The molecule has 0 atom stereocenters. The number of anilines is 1. The molecule has 3 rings (SSSR count). The van der Waals surface area contributed by atoms with Gasteiger partial charge in [-0.1, -0.05) is 23.7 Å². The molecule has 0 saturated heterocycles. The Morgan fingerprint density at radius 1 is 1.08 bits per heavy atom. The van der Waals surface area contributed by atoms with Gasteiger partial charge in [0.05, 0.1) is 18.2 Å². The van der Waals surface area contributed by atoms with Crippen LogP contribution in [-0.4, -0.2) is 24.7 Å². The van der Waals surface area contributed by atoms with E-state index in [0.29, 0.717) is 16.3 Å². The van der Waals surface area contributed by atoms with Crippen LogP contribution in [0.1, 0.15) is 0 Å². The highest BCUT2D eigenvalue weighted by atomic mass is 35.5. The summed E-state index contributed by atoms with van der Waals surface area (Å²) in [5.41, 5.74) is 7.16. The van der Waals surface area contributed by atoms with Gasteiger partial charge >= 0.3 is 0 Å². The average Bonchev–Trinajstić information content (AvgIpc) is 2.98. The summed E-state index contributed by atoms with van der Waals surface area (Å²) in [7, 11) is -2.27. The lowest BCUT2D eigenvalue weighted by molar-refractivity contribution is 0.415. The summed E-state index contributed by atoms with van der Waals surface area (Å²) in [6.45, 7) is 0. The van der Waals surface area contributed by atoms with E-state index in [9.17, 15) is 8.42 Å². The molecule has 0 aliphatic carbocycles. The Hall–Kier alpha value is -2.51. The Morgan fingerprint density at radius 3 is 2.29 bits per heavy atom. The van der Waals surface area contributed by atoms with Crippen LogP contribution in [0.4, 0.5) is 5.82 Å². The molecule has 6 nitrogen and oxygen atoms in total. The van der Waals surface area contributed by atoms with Crippen molar-refractivity contribution in [2.24, 2.45) is 0 Å². The SMILES string of the molecule is COc1ccc(-c2cn(S(=O)(=O)c3ccc(Cl)cc3)nc2N)cc1. The first-order valence-electron chi connectivity index (χ1n) is 6.92. The minimum atomic E-state index is -3.84. The molecule has 0 amide bonds. The second-order valence-electron chi connectivity index (χ2n) is 4.99. The van der Waals surface area contributed by atoms with Crippen molar-refractivity contribution in [3.8, 4) is 16.9 Å². The van der Waals surface area contributed by atoms with E-state index in [1.54, 1.807) is 31.4 Å². The molecule has 0 fully saturated rings. The van der Waals surface area contributed by atoms with Crippen LogP contribution in [0.15, 0.2) is 59.6 Å². The van der Waals surface area contributed by atoms with Crippen LogP contribution < -0.4 is 10.5 Å². The zero-order chi connectivity index (χ0) is 17.3. The van der Waals surface area contributed by atoms with Gasteiger partial charge in [0.15, 0.2) is 5.82 Å². The molecular formula is C16H14ClN3O3S. The number of nitrogen functional groups attached to an aromatic ring is 1. The van der Waals surface area contributed by atoms with E-state index in [2.05, 4.69) is 5.10 Å². The number of halogens is 1. The number of hydrogen-bond donors (Lipinski definition) is 1. The first kappa shape index (κ1) is 16.4. The number of methoxy groups -OCH3 is 1. The van der Waals surface area contributed by atoms with Gasteiger partial charge in [-0.3, -0.25) is 0 Å². The standard InChI is InChI=1S/C16H14ClN3O3S/c1-23-13-6-2-11(3-7-13)15-10-20(19-16(15)18)24(21,22)14-8-4-12(17)5-9-14/h2-10H,1H3,(H2,18,19). The van der Waals surface area contributed by atoms with E-state index >= 15 is 0 Å². The molecule has 2 N–H and O–H groups in total. The first-order chi connectivity index (χ1) is 11.4. The Labute approximate surface area is 144 Å². The minimum absolute atomic E-state index is 0.0793. The fourth-order valence-corrected chi connectivity index (χ4v) is 3.46. The molecule has 0 unspecified atom stereocenters. The lowest BCUT2D eigenvalue weighted by Crippen LogP contribution is -2.13. The fraction of sp³-hybridized carbons (Fsp3) is 0.0625. The highest BCUT2D eigenvalue weighted by Gasteiger charge is 2.20. The van der Waals surface area contributed by atoms with Crippen molar-refractivity contribution in [2.45, 2.75) is 4.90 Å². The third-order valence-corrected chi connectivity index (χ3v) is 5.28. The zero-order valence-corrected chi connectivity index (χ0v) is 14.3. The zero-order valence-electron chi connectivity index (χ0n) is 12.7. The monoisotopic (exact) mass is 363 g/mol. The maximum absolute atomic E-state index is 12.6. The first-order valence-corrected chi connectivity index (χ1v) is 8.74. The summed E-state index contributed by atoms with van der Waals surface area (Å²) in [4.78, 5) is 0.0793. The molecule has 0 saturated carbocycles. The van der Waals surface area contributed by atoms with Gasteiger partial charge < -0.3 is 10.5 Å². The number of hydrogen-bond acceptors (Lipinski definition) is 5. The molecule has 3 aromatic rings. The molecule has 0 aliphatic heterocycles. The summed E-state index contributed by atoms with van der Waals surface area (Å²) in [6.07, 6.45) is 1.39. The number of nitrogens with two attached hydrogens (primary N) is 1. The average molecular weight is 364 g/mol. The van der Waals surface area contributed by atoms with Gasteiger partial charge in [0.1, 0.15) is 5.75 Å². The van der Waals surface area contributed by atoms with E-state index in [0.717, 1.165) is 9.65 Å². The van der Waals surface area contributed by atoms with Crippen LogP contribution in [0.3, 0.4) is 0 Å². The molecule has 24 heavy (non-hydrogen) atoms. The summed E-state index contributed by atoms with van der Waals surface area (Å²) in [6, 6.07) is 12.9. The molecule has 0 radical (unpaired) electrons. The highest BCUT2D eigenvalue weighted by molar-refractivity contribution is 7.89. The van der Waals surface area contributed by atoms with Crippen LogP contribution in [0.25, 0.3) is 11.1 Å². The molecule has 1 heterocycles. The number of nitrogens with zero attached hydrogens (tertiary/aromatic N) is 2. The lowest BCUT2D eigenvalue weighted by atomic mass is 10.1. The largest absolute Gasteiger partial charge is 0.497 e. The summed E-state index contributed by atoms with van der Waals surface area (Å²) in [5, 5.41) is 4.39. The van der Waals surface area contributed by atoms with Crippen LogP contribution >= 0.6 is 11.6 Å². The maximum Gasteiger partial charge on any atom is 0.283 e. The molecule has 0 aliphatic rings. The number of benzene rings is 2. The second-order valence-corrected chi connectivity index (χ2v) is 7.22. The Kier molecular flexibility index (Phi) is 4.21. The van der Waals surface area contributed by atoms with E-state index in [1.807, 2.05) is 0 Å². The smallest absolute Gasteiger partial charge is 0.283 e.